The molecule has 0 unspecified atom stereocenters. The lowest BCUT2D eigenvalue weighted by Gasteiger charge is -2.13. The molecule has 0 saturated heterocycles. The standard InChI is InChI=1S/C46H30N2O/c1-4-12-31(13-5-1)33-20-22-34(23-21-33)38-26-37(32-14-6-2-7-15-32)27-39(28-38)46-47-42(35-16-8-3-9-17-35)30-43(48-46)36-24-25-41-40-18-10-11-19-44(40)49-45(41)29-36/h1-30H. The Morgan fingerprint density at radius 3 is 1.39 bits per heavy atom. The van der Waals surface area contributed by atoms with Gasteiger partial charge in [0.15, 0.2) is 5.82 Å². The zero-order valence-electron chi connectivity index (χ0n) is 26.6. The van der Waals surface area contributed by atoms with Gasteiger partial charge in [0.2, 0.25) is 0 Å². The minimum atomic E-state index is 0.668. The van der Waals surface area contributed by atoms with Crippen molar-refractivity contribution in [3.63, 3.8) is 0 Å². The van der Waals surface area contributed by atoms with Crippen molar-refractivity contribution in [2.24, 2.45) is 0 Å². The van der Waals surface area contributed by atoms with Crippen LogP contribution in [0.3, 0.4) is 0 Å². The maximum absolute atomic E-state index is 6.27. The molecule has 3 heteroatoms. The van der Waals surface area contributed by atoms with E-state index in [1.54, 1.807) is 0 Å². The average Bonchev–Trinajstić information content (AvgIpc) is 3.57. The number of benzene rings is 7. The molecular weight excluding hydrogens is 597 g/mol. The van der Waals surface area contributed by atoms with Gasteiger partial charge in [-0.2, -0.15) is 0 Å². The molecule has 0 radical (unpaired) electrons. The number of rotatable bonds is 6. The molecule has 3 nitrogen and oxygen atoms in total. The van der Waals surface area contributed by atoms with Crippen molar-refractivity contribution in [2.75, 3.05) is 0 Å². The summed E-state index contributed by atoms with van der Waals surface area (Å²) in [7, 11) is 0. The van der Waals surface area contributed by atoms with E-state index in [-0.39, 0.29) is 0 Å². The zero-order valence-corrected chi connectivity index (χ0v) is 26.6. The first-order valence-electron chi connectivity index (χ1n) is 16.5. The second kappa shape index (κ2) is 12.2. The van der Waals surface area contributed by atoms with Gasteiger partial charge in [-0.15, -0.1) is 0 Å². The molecule has 9 aromatic rings. The highest BCUT2D eigenvalue weighted by Crippen LogP contribution is 2.36. The molecule has 0 aliphatic rings. The van der Waals surface area contributed by atoms with E-state index in [1.807, 2.05) is 48.5 Å². The number of nitrogens with zero attached hydrogens (tertiary/aromatic N) is 2. The number of aromatic nitrogens is 2. The van der Waals surface area contributed by atoms with Crippen LogP contribution in [0.4, 0.5) is 0 Å². The predicted octanol–water partition coefficient (Wildman–Crippen LogP) is 12.4. The summed E-state index contributed by atoms with van der Waals surface area (Å²) < 4.78 is 6.27. The van der Waals surface area contributed by atoms with Crippen molar-refractivity contribution >= 4 is 21.9 Å². The quantitative estimate of drug-likeness (QED) is 0.184. The maximum Gasteiger partial charge on any atom is 0.160 e. The van der Waals surface area contributed by atoms with Crippen molar-refractivity contribution in [1.29, 1.82) is 0 Å². The number of hydrogen-bond acceptors (Lipinski definition) is 3. The second-order valence-electron chi connectivity index (χ2n) is 12.2. The summed E-state index contributed by atoms with van der Waals surface area (Å²) in [6.45, 7) is 0. The highest BCUT2D eigenvalue weighted by Gasteiger charge is 2.15. The lowest BCUT2D eigenvalue weighted by atomic mass is 9.94. The Bertz CT molecular complexity index is 2570. The van der Waals surface area contributed by atoms with Gasteiger partial charge in [-0.25, -0.2) is 9.97 Å². The Kier molecular flexibility index (Phi) is 7.14. The van der Waals surface area contributed by atoms with Crippen LogP contribution in [-0.2, 0) is 0 Å². The summed E-state index contributed by atoms with van der Waals surface area (Å²) in [5, 5.41) is 2.20. The van der Waals surface area contributed by atoms with Gasteiger partial charge >= 0.3 is 0 Å². The first kappa shape index (κ1) is 28.6. The fourth-order valence-corrected chi connectivity index (χ4v) is 6.57. The largest absolute Gasteiger partial charge is 0.456 e. The molecule has 2 heterocycles. The summed E-state index contributed by atoms with van der Waals surface area (Å²) >= 11 is 0. The number of hydrogen-bond donors (Lipinski definition) is 0. The van der Waals surface area contributed by atoms with Crippen LogP contribution in [0.5, 0.6) is 0 Å². The molecule has 0 fully saturated rings. The van der Waals surface area contributed by atoms with Gasteiger partial charge in [0.25, 0.3) is 0 Å². The summed E-state index contributed by atoms with van der Waals surface area (Å²) in [5.74, 6) is 0.668. The Morgan fingerprint density at radius 1 is 0.286 bits per heavy atom. The van der Waals surface area contributed by atoms with Gasteiger partial charge in [0.05, 0.1) is 11.4 Å². The van der Waals surface area contributed by atoms with Crippen molar-refractivity contribution in [2.45, 2.75) is 0 Å². The van der Waals surface area contributed by atoms with E-state index < -0.39 is 0 Å². The third kappa shape index (κ3) is 5.58. The second-order valence-corrected chi connectivity index (χ2v) is 12.2. The third-order valence-electron chi connectivity index (χ3n) is 9.09. The minimum absolute atomic E-state index is 0.668. The third-order valence-corrected chi connectivity index (χ3v) is 9.09. The van der Waals surface area contributed by atoms with Crippen LogP contribution in [0.2, 0.25) is 0 Å². The van der Waals surface area contributed by atoms with Crippen molar-refractivity contribution < 1.29 is 4.42 Å². The number of furan rings is 1. The molecular formula is C46H30N2O. The smallest absolute Gasteiger partial charge is 0.160 e. The van der Waals surface area contributed by atoms with E-state index >= 15 is 0 Å². The molecule has 49 heavy (non-hydrogen) atoms. The van der Waals surface area contributed by atoms with Gasteiger partial charge in [-0.1, -0.05) is 140 Å². The van der Waals surface area contributed by atoms with Crippen LogP contribution in [0.15, 0.2) is 186 Å². The van der Waals surface area contributed by atoms with Crippen LogP contribution in [-0.4, -0.2) is 9.97 Å². The monoisotopic (exact) mass is 626 g/mol. The molecule has 0 saturated carbocycles. The Morgan fingerprint density at radius 2 is 0.735 bits per heavy atom. The van der Waals surface area contributed by atoms with Crippen molar-refractivity contribution in [1.82, 2.24) is 9.97 Å². The van der Waals surface area contributed by atoms with Crippen molar-refractivity contribution in [3.05, 3.63) is 182 Å². The van der Waals surface area contributed by atoms with Gasteiger partial charge in [0.1, 0.15) is 11.2 Å². The summed E-state index contributed by atoms with van der Waals surface area (Å²) in [5.41, 5.74) is 13.3. The van der Waals surface area contributed by atoms with Crippen LogP contribution < -0.4 is 0 Å². The molecule has 7 aromatic carbocycles. The Labute approximate surface area is 284 Å². The average molecular weight is 627 g/mol. The van der Waals surface area contributed by atoms with Crippen LogP contribution in [0.1, 0.15) is 0 Å². The molecule has 0 aliphatic carbocycles. The SMILES string of the molecule is c1ccc(-c2ccc(-c3cc(-c4ccccc4)cc(-c4nc(-c5ccccc5)cc(-c5ccc6c(c5)oc5ccccc56)n4)c3)cc2)cc1. The number of para-hydroxylation sites is 1. The lowest BCUT2D eigenvalue weighted by molar-refractivity contribution is 0.669. The van der Waals surface area contributed by atoms with E-state index in [9.17, 15) is 0 Å². The molecule has 9 rings (SSSR count). The highest BCUT2D eigenvalue weighted by atomic mass is 16.3. The summed E-state index contributed by atoms with van der Waals surface area (Å²) in [6.07, 6.45) is 0. The zero-order chi connectivity index (χ0) is 32.6. The van der Waals surface area contributed by atoms with E-state index in [0.717, 1.165) is 72.3 Å². The fourth-order valence-electron chi connectivity index (χ4n) is 6.57. The molecule has 0 N–H and O–H groups in total. The normalized spacial score (nSPS) is 11.3. The molecule has 2 aromatic heterocycles. The molecule has 0 aliphatic heterocycles. The van der Waals surface area contributed by atoms with Crippen LogP contribution in [0.25, 0.3) is 89.2 Å². The molecule has 0 atom stereocenters. The topological polar surface area (TPSA) is 38.9 Å². The van der Waals surface area contributed by atoms with E-state index in [2.05, 4.69) is 133 Å². The lowest BCUT2D eigenvalue weighted by Crippen LogP contribution is -1.97. The minimum Gasteiger partial charge on any atom is -0.456 e. The first-order chi connectivity index (χ1) is 24.2. The van der Waals surface area contributed by atoms with Gasteiger partial charge < -0.3 is 4.42 Å². The molecule has 0 amide bonds. The Balaban J connectivity index is 1.21. The van der Waals surface area contributed by atoms with E-state index in [4.69, 9.17) is 14.4 Å². The Hall–Kier alpha value is -6.58. The predicted molar refractivity (Wildman–Crippen MR) is 202 cm³/mol. The summed E-state index contributed by atoms with van der Waals surface area (Å²) in [4.78, 5) is 10.4. The van der Waals surface area contributed by atoms with Crippen molar-refractivity contribution in [3.8, 4) is 67.3 Å². The number of fused-ring (bicyclic) bond motifs is 3. The molecule has 0 bridgehead atoms. The molecule has 230 valence electrons. The van der Waals surface area contributed by atoms with Gasteiger partial charge in [0, 0.05) is 27.5 Å². The first-order valence-corrected chi connectivity index (χ1v) is 16.5. The van der Waals surface area contributed by atoms with E-state index in [1.165, 1.54) is 11.1 Å². The van der Waals surface area contributed by atoms with E-state index in [0.29, 0.717) is 5.82 Å². The van der Waals surface area contributed by atoms with Crippen LogP contribution in [0, 0.1) is 0 Å². The highest BCUT2D eigenvalue weighted by molar-refractivity contribution is 6.05. The van der Waals surface area contributed by atoms with Gasteiger partial charge in [-0.05, 0) is 75.8 Å². The van der Waals surface area contributed by atoms with Gasteiger partial charge in [-0.3, -0.25) is 0 Å². The summed E-state index contributed by atoms with van der Waals surface area (Å²) in [6, 6.07) is 63.3. The molecule has 0 spiro atoms. The maximum atomic E-state index is 6.27. The fraction of sp³-hybridized carbons (Fsp3) is 0. The van der Waals surface area contributed by atoms with Crippen LogP contribution >= 0.6 is 0 Å².